The van der Waals surface area contributed by atoms with Gasteiger partial charge in [-0.3, -0.25) is 4.90 Å². The lowest BCUT2D eigenvalue weighted by Gasteiger charge is -2.54. The summed E-state index contributed by atoms with van der Waals surface area (Å²) in [5, 5.41) is 18.5. The van der Waals surface area contributed by atoms with E-state index in [1.165, 1.54) is 18.2 Å². The molecule has 0 bridgehead atoms. The van der Waals surface area contributed by atoms with Crippen LogP contribution in [0.3, 0.4) is 0 Å². The van der Waals surface area contributed by atoms with Gasteiger partial charge in [0.05, 0.1) is 47.4 Å². The second-order valence-corrected chi connectivity index (χ2v) is 11.5. The molecule has 0 radical (unpaired) electrons. The Kier molecular flexibility index (Phi) is 7.35. The molecule has 1 saturated carbocycles. The van der Waals surface area contributed by atoms with Gasteiger partial charge in [-0.15, -0.1) is 0 Å². The van der Waals surface area contributed by atoms with Crippen molar-refractivity contribution in [3.8, 4) is 11.9 Å². The Morgan fingerprint density at radius 1 is 1.07 bits per heavy atom. The van der Waals surface area contributed by atoms with E-state index in [0.717, 1.165) is 44.0 Å². The van der Waals surface area contributed by atoms with E-state index in [2.05, 4.69) is 9.80 Å². The summed E-state index contributed by atoms with van der Waals surface area (Å²) >= 11 is 0. The smallest absolute Gasteiger partial charge is 0.338 e. The number of pyridine rings is 1. The fraction of sp³-hybridized carbons (Fsp3) is 0.375. The van der Waals surface area contributed by atoms with Gasteiger partial charge in [0.25, 0.3) is 0 Å². The van der Waals surface area contributed by atoms with Gasteiger partial charge in [0.2, 0.25) is 5.88 Å². The number of carbonyl (C=O) groups is 1. The summed E-state index contributed by atoms with van der Waals surface area (Å²) in [6.45, 7) is 3.26. The van der Waals surface area contributed by atoms with Crippen molar-refractivity contribution in [2.75, 3.05) is 24.6 Å². The number of imidazole rings is 1. The van der Waals surface area contributed by atoms with E-state index in [-0.39, 0.29) is 35.9 Å². The quantitative estimate of drug-likeness (QED) is 0.296. The number of rotatable bonds is 9. The highest BCUT2D eigenvalue weighted by atomic mass is 19.1. The highest BCUT2D eigenvalue weighted by Gasteiger charge is 2.44. The van der Waals surface area contributed by atoms with E-state index in [9.17, 15) is 18.7 Å². The molecule has 4 aromatic rings. The third kappa shape index (κ3) is 5.22. The number of hydrogen-bond acceptors (Lipinski definition) is 8. The first-order valence-electron chi connectivity index (χ1n) is 14.7. The fourth-order valence-corrected chi connectivity index (χ4v) is 6.33. The molecule has 2 aromatic carbocycles. The summed E-state index contributed by atoms with van der Waals surface area (Å²) in [6.07, 6.45) is 2.95. The first kappa shape index (κ1) is 28.2. The van der Waals surface area contributed by atoms with Crippen LogP contribution in [-0.4, -0.2) is 68.4 Å². The summed E-state index contributed by atoms with van der Waals surface area (Å²) < 4.78 is 42.3. The molecule has 3 aliphatic rings. The Labute approximate surface area is 252 Å². The Bertz CT molecular complexity index is 1780. The Morgan fingerprint density at radius 3 is 2.61 bits per heavy atom. The van der Waals surface area contributed by atoms with Crippen molar-refractivity contribution in [3.63, 3.8) is 0 Å². The van der Waals surface area contributed by atoms with Crippen molar-refractivity contribution in [2.24, 2.45) is 0 Å². The number of benzene rings is 2. The molecular formula is C32H30F2N6O4. The minimum absolute atomic E-state index is 0.00141. The average molecular weight is 601 g/mol. The van der Waals surface area contributed by atoms with Crippen molar-refractivity contribution in [3.05, 3.63) is 82.7 Å². The third-order valence-corrected chi connectivity index (χ3v) is 8.93. The summed E-state index contributed by atoms with van der Waals surface area (Å²) in [7, 11) is 0. The molecule has 3 atom stereocenters. The number of nitriles is 1. The molecule has 2 aromatic heterocycles. The van der Waals surface area contributed by atoms with Crippen molar-refractivity contribution in [1.29, 1.82) is 5.26 Å². The highest BCUT2D eigenvalue weighted by molar-refractivity contribution is 5.93. The molecule has 2 aliphatic heterocycles. The van der Waals surface area contributed by atoms with E-state index >= 15 is 0 Å². The van der Waals surface area contributed by atoms with Gasteiger partial charge in [-0.25, -0.2) is 18.6 Å². The van der Waals surface area contributed by atoms with Crippen LogP contribution in [0, 0.1) is 23.0 Å². The number of aromatic carboxylic acids is 1. The lowest BCUT2D eigenvalue weighted by Crippen LogP contribution is -2.64. The van der Waals surface area contributed by atoms with Gasteiger partial charge in [-0.05, 0) is 43.5 Å². The molecular weight excluding hydrogens is 570 g/mol. The van der Waals surface area contributed by atoms with Crippen LogP contribution in [0.1, 0.15) is 46.6 Å². The lowest BCUT2D eigenvalue weighted by molar-refractivity contribution is -0.0594. The highest BCUT2D eigenvalue weighted by Crippen LogP contribution is 2.37. The van der Waals surface area contributed by atoms with E-state index < -0.39 is 17.6 Å². The molecule has 0 spiro atoms. The number of carboxylic acids is 1. The van der Waals surface area contributed by atoms with Gasteiger partial charge in [0, 0.05) is 49.5 Å². The van der Waals surface area contributed by atoms with E-state index in [1.54, 1.807) is 18.2 Å². The number of halogens is 2. The number of hydrogen-bond donors (Lipinski definition) is 1. The first-order valence-corrected chi connectivity index (χ1v) is 14.7. The predicted octanol–water partition coefficient (Wildman–Crippen LogP) is 4.50. The van der Waals surface area contributed by atoms with E-state index in [0.29, 0.717) is 42.2 Å². The summed E-state index contributed by atoms with van der Waals surface area (Å²) in [5.41, 5.74) is 1.27. The number of piperazine rings is 1. The lowest BCUT2D eigenvalue weighted by atomic mass is 9.81. The minimum atomic E-state index is -1.31. The van der Waals surface area contributed by atoms with Crippen molar-refractivity contribution in [1.82, 2.24) is 19.4 Å². The van der Waals surface area contributed by atoms with Gasteiger partial charge in [0.1, 0.15) is 29.9 Å². The van der Waals surface area contributed by atoms with E-state index in [1.807, 2.05) is 22.8 Å². The molecule has 4 heterocycles. The number of fused-ring (bicyclic) bond motifs is 2. The molecule has 1 N–H and O–H groups in total. The standard InChI is InChI=1S/C32H30F2N6O4/c33-23-12-19(15-35)4-5-20(23)18-44-31-3-1-2-29(37-31)39-10-9-38(26-6-7-27(26)39)17-30-36-25-14-24(34)22(32(41)42)13-28(25)40(30)16-21-8-11-43-21/h1-5,12-14,21,26-27H,6-11,16-18H2,(H,41,42)/t21-,26+,27+/m0/s1. The molecule has 2 saturated heterocycles. The average Bonchev–Trinajstić information content (AvgIpc) is 3.29. The third-order valence-electron chi connectivity index (χ3n) is 8.93. The van der Waals surface area contributed by atoms with Gasteiger partial charge in [-0.2, -0.15) is 10.2 Å². The van der Waals surface area contributed by atoms with Crippen LogP contribution < -0.4 is 9.64 Å². The Balaban J connectivity index is 1.07. The van der Waals surface area contributed by atoms with Crippen molar-refractivity contribution >= 4 is 22.8 Å². The monoisotopic (exact) mass is 600 g/mol. The summed E-state index contributed by atoms with van der Waals surface area (Å²) in [6, 6.07) is 14.9. The van der Waals surface area contributed by atoms with Gasteiger partial charge >= 0.3 is 5.97 Å². The number of aromatic nitrogens is 3. The SMILES string of the molecule is N#Cc1ccc(COc2cccc(N3CCN(Cc4nc5cc(F)c(C(=O)O)cc5n4C[C@@H]4CCO4)[C@@H]4CC[C@H]43)n2)c(F)c1. The normalized spacial score (nSPS) is 21.3. The summed E-state index contributed by atoms with van der Waals surface area (Å²) in [4.78, 5) is 25.8. The number of carboxylic acid groups (broad SMARTS) is 1. The molecule has 12 heteroatoms. The first-order chi connectivity index (χ1) is 21.4. The fourth-order valence-electron chi connectivity index (χ4n) is 6.33. The van der Waals surface area contributed by atoms with Crippen molar-refractivity contribution in [2.45, 2.75) is 57.1 Å². The van der Waals surface area contributed by atoms with Gasteiger partial charge in [0.15, 0.2) is 0 Å². The van der Waals surface area contributed by atoms with Crippen LogP contribution in [0.15, 0.2) is 48.5 Å². The molecule has 10 nitrogen and oxygen atoms in total. The van der Waals surface area contributed by atoms with Crippen LogP contribution in [0.4, 0.5) is 14.6 Å². The zero-order valence-electron chi connectivity index (χ0n) is 23.8. The van der Waals surface area contributed by atoms with Crippen LogP contribution in [0.25, 0.3) is 11.0 Å². The Morgan fingerprint density at radius 2 is 1.91 bits per heavy atom. The van der Waals surface area contributed by atoms with Crippen LogP contribution in [-0.2, 0) is 24.4 Å². The Hall–Kier alpha value is -4.60. The molecule has 0 unspecified atom stereocenters. The van der Waals surface area contributed by atoms with Gasteiger partial charge < -0.3 is 24.0 Å². The molecule has 1 aliphatic carbocycles. The maximum absolute atomic E-state index is 14.5. The minimum Gasteiger partial charge on any atom is -0.478 e. The van der Waals surface area contributed by atoms with Crippen LogP contribution in [0.5, 0.6) is 5.88 Å². The number of nitrogens with zero attached hydrogens (tertiary/aromatic N) is 6. The second-order valence-electron chi connectivity index (χ2n) is 11.5. The molecule has 0 amide bonds. The zero-order valence-corrected chi connectivity index (χ0v) is 23.8. The molecule has 7 rings (SSSR count). The number of ether oxygens (including phenoxy) is 2. The maximum atomic E-state index is 14.5. The van der Waals surface area contributed by atoms with E-state index in [4.69, 9.17) is 24.7 Å². The molecule has 44 heavy (non-hydrogen) atoms. The van der Waals surface area contributed by atoms with Gasteiger partial charge in [-0.1, -0.05) is 12.1 Å². The van der Waals surface area contributed by atoms with Crippen LogP contribution in [0.2, 0.25) is 0 Å². The predicted molar refractivity (Wildman–Crippen MR) is 155 cm³/mol. The molecule has 226 valence electrons. The zero-order chi connectivity index (χ0) is 30.4. The molecule has 3 fully saturated rings. The maximum Gasteiger partial charge on any atom is 0.338 e. The topological polar surface area (TPSA) is 117 Å². The summed E-state index contributed by atoms with van der Waals surface area (Å²) in [5.74, 6) is -0.645. The van der Waals surface area contributed by atoms with Crippen molar-refractivity contribution < 1.29 is 28.2 Å². The number of anilines is 1. The van der Waals surface area contributed by atoms with Crippen LogP contribution >= 0.6 is 0 Å². The largest absolute Gasteiger partial charge is 0.478 e. The second kappa shape index (κ2) is 11.5.